The van der Waals surface area contributed by atoms with Gasteiger partial charge in [-0.05, 0) is 25.8 Å². The summed E-state index contributed by atoms with van der Waals surface area (Å²) in [6, 6.07) is 1.90. The van der Waals surface area contributed by atoms with Gasteiger partial charge in [0.05, 0.1) is 5.75 Å². The highest BCUT2D eigenvalue weighted by Crippen LogP contribution is 2.21. The molecular formula is C12H15NO4S. The van der Waals surface area contributed by atoms with Gasteiger partial charge in [0, 0.05) is 17.4 Å². The van der Waals surface area contributed by atoms with Gasteiger partial charge in [0.1, 0.15) is 5.76 Å². The molecule has 1 fully saturated rings. The number of nitrogens with one attached hydrogen (secondary N) is 1. The molecule has 0 atom stereocenters. The first kappa shape index (κ1) is 13.0. The van der Waals surface area contributed by atoms with Gasteiger partial charge in [-0.25, -0.2) is 4.79 Å². The summed E-state index contributed by atoms with van der Waals surface area (Å²) in [5.41, 5.74) is 0.830. The molecule has 98 valence electrons. The van der Waals surface area contributed by atoms with E-state index in [1.807, 2.05) is 0 Å². The summed E-state index contributed by atoms with van der Waals surface area (Å²) in [5.74, 6) is 0.500. The number of carbonyl (C=O) groups excluding carboxylic acids is 1. The second-order valence-electron chi connectivity index (χ2n) is 4.33. The van der Waals surface area contributed by atoms with Crippen LogP contribution < -0.4 is 5.32 Å². The fourth-order valence-electron chi connectivity index (χ4n) is 1.52. The van der Waals surface area contributed by atoms with Gasteiger partial charge in [0.25, 0.3) is 0 Å². The highest BCUT2D eigenvalue weighted by molar-refractivity contribution is 7.99. The van der Waals surface area contributed by atoms with E-state index in [1.165, 1.54) is 17.8 Å². The highest BCUT2D eigenvalue weighted by Gasteiger charge is 2.23. The second-order valence-corrected chi connectivity index (χ2v) is 5.32. The van der Waals surface area contributed by atoms with E-state index < -0.39 is 5.97 Å². The molecule has 5 nitrogen and oxygen atoms in total. The van der Waals surface area contributed by atoms with E-state index in [2.05, 4.69) is 5.32 Å². The first-order valence-corrected chi connectivity index (χ1v) is 6.91. The van der Waals surface area contributed by atoms with Crippen molar-refractivity contribution in [3.05, 3.63) is 23.2 Å². The summed E-state index contributed by atoms with van der Waals surface area (Å²) >= 11 is 1.46. The molecular weight excluding hydrogens is 254 g/mol. The molecule has 1 aromatic heterocycles. The third-order valence-electron chi connectivity index (χ3n) is 2.66. The van der Waals surface area contributed by atoms with Crippen LogP contribution in [0.4, 0.5) is 0 Å². The van der Waals surface area contributed by atoms with Crippen molar-refractivity contribution in [2.75, 3.05) is 5.75 Å². The molecule has 0 radical (unpaired) electrons. The van der Waals surface area contributed by atoms with Crippen LogP contribution in [0, 0.1) is 6.92 Å². The van der Waals surface area contributed by atoms with Gasteiger partial charge in [-0.1, -0.05) is 0 Å². The van der Waals surface area contributed by atoms with Crippen LogP contribution in [0.15, 0.2) is 10.5 Å². The standard InChI is InChI=1S/C12H15NO4S/c1-7-8(4-10(17-7)12(15)16)5-18-6-11(14)13-9-2-3-9/h4,9H,2-3,5-6H2,1H3,(H,13,14)(H,15,16). The van der Waals surface area contributed by atoms with Crippen molar-refractivity contribution in [1.82, 2.24) is 5.32 Å². The molecule has 1 saturated carbocycles. The van der Waals surface area contributed by atoms with Gasteiger partial charge >= 0.3 is 5.97 Å². The highest BCUT2D eigenvalue weighted by atomic mass is 32.2. The number of furan rings is 1. The Labute approximate surface area is 109 Å². The van der Waals surface area contributed by atoms with Crippen LogP contribution in [0.1, 0.15) is 34.7 Å². The van der Waals surface area contributed by atoms with Crippen LogP contribution in [0.5, 0.6) is 0 Å². The summed E-state index contributed by atoms with van der Waals surface area (Å²) in [5, 5.41) is 11.7. The molecule has 0 saturated heterocycles. The molecule has 18 heavy (non-hydrogen) atoms. The van der Waals surface area contributed by atoms with Crippen molar-refractivity contribution < 1.29 is 19.1 Å². The van der Waals surface area contributed by atoms with Crippen LogP contribution >= 0.6 is 11.8 Å². The molecule has 0 bridgehead atoms. The Balaban J connectivity index is 1.78. The van der Waals surface area contributed by atoms with Crippen molar-refractivity contribution >= 4 is 23.6 Å². The van der Waals surface area contributed by atoms with E-state index in [4.69, 9.17) is 9.52 Å². The smallest absolute Gasteiger partial charge is 0.371 e. The molecule has 0 aliphatic heterocycles. The van der Waals surface area contributed by atoms with Gasteiger partial charge in [-0.3, -0.25) is 4.79 Å². The number of carboxylic acid groups (broad SMARTS) is 1. The van der Waals surface area contributed by atoms with Crippen molar-refractivity contribution in [2.45, 2.75) is 31.6 Å². The van der Waals surface area contributed by atoms with Crippen LogP contribution in [0.2, 0.25) is 0 Å². The van der Waals surface area contributed by atoms with Crippen LogP contribution in [-0.4, -0.2) is 28.8 Å². The van der Waals surface area contributed by atoms with E-state index in [-0.39, 0.29) is 11.7 Å². The van der Waals surface area contributed by atoms with Gasteiger partial charge < -0.3 is 14.8 Å². The number of amides is 1. The molecule has 1 amide bonds. The molecule has 0 aromatic carbocycles. The first-order chi connectivity index (χ1) is 8.56. The quantitative estimate of drug-likeness (QED) is 0.823. The van der Waals surface area contributed by atoms with Gasteiger partial charge in [0.2, 0.25) is 11.7 Å². The summed E-state index contributed by atoms with van der Waals surface area (Å²) in [6.07, 6.45) is 2.17. The maximum Gasteiger partial charge on any atom is 0.371 e. The number of thioether (sulfide) groups is 1. The minimum absolute atomic E-state index is 0.0436. The lowest BCUT2D eigenvalue weighted by Crippen LogP contribution is -2.27. The molecule has 1 aromatic rings. The minimum atomic E-state index is -1.07. The monoisotopic (exact) mass is 269 g/mol. The van der Waals surface area contributed by atoms with E-state index in [0.717, 1.165) is 18.4 Å². The van der Waals surface area contributed by atoms with Crippen LogP contribution in [0.25, 0.3) is 0 Å². The Kier molecular flexibility index (Phi) is 3.96. The predicted molar refractivity (Wildman–Crippen MR) is 67.7 cm³/mol. The number of aryl methyl sites for hydroxylation is 1. The number of carbonyl (C=O) groups is 2. The average Bonchev–Trinajstić information content (AvgIpc) is 3.02. The Morgan fingerprint density at radius 3 is 2.83 bits per heavy atom. The van der Waals surface area contributed by atoms with Crippen LogP contribution in [0.3, 0.4) is 0 Å². The van der Waals surface area contributed by atoms with Gasteiger partial charge in [0.15, 0.2) is 0 Å². The topological polar surface area (TPSA) is 79.5 Å². The van der Waals surface area contributed by atoms with Crippen molar-refractivity contribution in [1.29, 1.82) is 0 Å². The SMILES string of the molecule is Cc1oc(C(=O)O)cc1CSCC(=O)NC1CC1. The first-order valence-electron chi connectivity index (χ1n) is 5.76. The Hall–Kier alpha value is -1.43. The maximum absolute atomic E-state index is 11.4. The second kappa shape index (κ2) is 5.48. The number of hydrogen-bond acceptors (Lipinski definition) is 4. The van der Waals surface area contributed by atoms with E-state index >= 15 is 0 Å². The Bertz CT molecular complexity index is 465. The van der Waals surface area contributed by atoms with Crippen LogP contribution in [-0.2, 0) is 10.5 Å². The fraction of sp³-hybridized carbons (Fsp3) is 0.500. The van der Waals surface area contributed by atoms with Crippen molar-refractivity contribution in [3.63, 3.8) is 0 Å². The molecule has 2 N–H and O–H groups in total. The Morgan fingerprint density at radius 1 is 1.56 bits per heavy atom. The summed E-state index contributed by atoms with van der Waals surface area (Å²) in [6.45, 7) is 1.73. The summed E-state index contributed by atoms with van der Waals surface area (Å²) < 4.78 is 5.09. The molecule has 0 spiro atoms. The number of hydrogen-bond donors (Lipinski definition) is 2. The number of carboxylic acids is 1. The normalized spacial score (nSPS) is 14.5. The lowest BCUT2D eigenvalue weighted by molar-refractivity contribution is -0.118. The predicted octanol–water partition coefficient (Wildman–Crippen LogP) is 1.80. The molecule has 0 unspecified atom stereocenters. The van der Waals surface area contributed by atoms with Crippen molar-refractivity contribution in [3.8, 4) is 0 Å². The number of aromatic carboxylic acids is 1. The summed E-state index contributed by atoms with van der Waals surface area (Å²) in [7, 11) is 0. The average molecular weight is 269 g/mol. The molecule has 1 heterocycles. The molecule has 1 aliphatic rings. The lowest BCUT2D eigenvalue weighted by Gasteiger charge is -2.02. The maximum atomic E-state index is 11.4. The zero-order valence-electron chi connectivity index (χ0n) is 10.1. The largest absolute Gasteiger partial charge is 0.475 e. The number of rotatable bonds is 6. The fourth-order valence-corrected chi connectivity index (χ4v) is 2.40. The lowest BCUT2D eigenvalue weighted by atomic mass is 10.3. The van der Waals surface area contributed by atoms with Gasteiger partial charge in [-0.15, -0.1) is 11.8 Å². The zero-order chi connectivity index (χ0) is 13.1. The van der Waals surface area contributed by atoms with Crippen molar-refractivity contribution in [2.24, 2.45) is 0 Å². The molecule has 2 rings (SSSR count). The van der Waals surface area contributed by atoms with E-state index in [0.29, 0.717) is 23.3 Å². The minimum Gasteiger partial charge on any atom is -0.475 e. The summed E-state index contributed by atoms with van der Waals surface area (Å²) in [4.78, 5) is 22.1. The van der Waals surface area contributed by atoms with E-state index in [1.54, 1.807) is 6.92 Å². The third kappa shape index (κ3) is 3.53. The zero-order valence-corrected chi connectivity index (χ0v) is 10.9. The van der Waals surface area contributed by atoms with Gasteiger partial charge in [-0.2, -0.15) is 0 Å². The third-order valence-corrected chi connectivity index (χ3v) is 3.65. The molecule has 1 aliphatic carbocycles. The Morgan fingerprint density at radius 2 is 2.28 bits per heavy atom. The van der Waals surface area contributed by atoms with E-state index in [9.17, 15) is 9.59 Å². The molecule has 6 heteroatoms.